The number of rotatable bonds is 7. The van der Waals surface area contributed by atoms with Crippen LogP contribution in [0.4, 0.5) is 0 Å². The number of thiocarbonyl (C=S) groups is 1. The molecule has 2 atom stereocenters. The van der Waals surface area contributed by atoms with Gasteiger partial charge >= 0.3 is 0 Å². The van der Waals surface area contributed by atoms with Crippen molar-refractivity contribution in [1.82, 2.24) is 19.8 Å². The van der Waals surface area contributed by atoms with Crippen LogP contribution in [-0.4, -0.2) is 26.1 Å². The highest BCUT2D eigenvalue weighted by Gasteiger charge is 2.40. The first-order chi connectivity index (χ1) is 14.1. The molecule has 0 amide bonds. The molecule has 4 heterocycles. The van der Waals surface area contributed by atoms with E-state index < -0.39 is 0 Å². The monoisotopic (exact) mass is 408 g/mol. The normalized spacial score (nSPS) is 19.0. The minimum atomic E-state index is 0.0399. The average molecular weight is 409 g/mol. The summed E-state index contributed by atoms with van der Waals surface area (Å²) < 4.78 is 7.91. The van der Waals surface area contributed by atoms with Gasteiger partial charge in [-0.25, -0.2) is 0 Å². The van der Waals surface area contributed by atoms with E-state index in [-0.39, 0.29) is 12.1 Å². The number of aromatic nitrogens is 2. The highest BCUT2D eigenvalue weighted by Crippen LogP contribution is 2.41. The highest BCUT2D eigenvalue weighted by atomic mass is 32.1. The van der Waals surface area contributed by atoms with Gasteiger partial charge in [0, 0.05) is 24.1 Å². The third-order valence-corrected chi connectivity index (χ3v) is 6.13. The maximum atomic E-state index is 5.75. The third-order valence-electron chi connectivity index (χ3n) is 5.78. The lowest BCUT2D eigenvalue weighted by Gasteiger charge is -2.28. The van der Waals surface area contributed by atoms with Gasteiger partial charge in [0.2, 0.25) is 0 Å². The van der Waals surface area contributed by atoms with Gasteiger partial charge in [0.15, 0.2) is 5.11 Å². The summed E-state index contributed by atoms with van der Waals surface area (Å²) in [5.41, 5.74) is 4.79. The first-order valence-electron chi connectivity index (χ1n) is 10.3. The molecule has 0 spiro atoms. The molecule has 29 heavy (non-hydrogen) atoms. The van der Waals surface area contributed by atoms with E-state index in [1.807, 2.05) is 30.5 Å². The van der Waals surface area contributed by atoms with Crippen LogP contribution < -0.4 is 5.32 Å². The van der Waals surface area contributed by atoms with Gasteiger partial charge in [-0.2, -0.15) is 0 Å². The minimum Gasteiger partial charge on any atom is -0.467 e. The summed E-state index contributed by atoms with van der Waals surface area (Å²) in [5, 5.41) is 4.36. The first kappa shape index (κ1) is 19.7. The van der Waals surface area contributed by atoms with Gasteiger partial charge in [-0.1, -0.05) is 19.4 Å². The van der Waals surface area contributed by atoms with Crippen molar-refractivity contribution in [3.05, 3.63) is 77.3 Å². The Morgan fingerprint density at radius 2 is 2.07 bits per heavy atom. The van der Waals surface area contributed by atoms with Crippen molar-refractivity contribution in [2.45, 2.75) is 52.2 Å². The zero-order valence-corrected chi connectivity index (χ0v) is 18.1. The predicted molar refractivity (Wildman–Crippen MR) is 119 cm³/mol. The van der Waals surface area contributed by atoms with Crippen molar-refractivity contribution in [2.75, 3.05) is 6.54 Å². The van der Waals surface area contributed by atoms with Gasteiger partial charge < -0.3 is 19.2 Å². The lowest BCUT2D eigenvalue weighted by molar-refractivity contribution is 0.311. The zero-order valence-electron chi connectivity index (χ0n) is 17.3. The molecule has 0 radical (unpaired) electrons. The standard InChI is InChI=1S/C23H28N4OS/c1-4-5-12-26-22(21(25-23(26)29)20-10-6-7-11-24-20)19-14-16(2)27(17(19)3)15-18-9-8-13-28-18/h6-11,13-14,21-22H,4-5,12,15H2,1-3H3,(H,25,29)/t21-,22-/m1/s1. The second kappa shape index (κ2) is 8.41. The summed E-state index contributed by atoms with van der Waals surface area (Å²) in [5.74, 6) is 0.961. The Bertz CT molecular complexity index is 964. The first-order valence-corrected chi connectivity index (χ1v) is 10.7. The molecule has 6 heteroatoms. The fraction of sp³-hybridized carbons (Fsp3) is 0.391. The van der Waals surface area contributed by atoms with Crippen molar-refractivity contribution < 1.29 is 4.42 Å². The van der Waals surface area contributed by atoms with Gasteiger partial charge in [0.1, 0.15) is 5.76 Å². The van der Waals surface area contributed by atoms with Gasteiger partial charge in [-0.15, -0.1) is 0 Å². The number of nitrogens with one attached hydrogen (secondary N) is 1. The van der Waals surface area contributed by atoms with Crippen LogP contribution in [0.2, 0.25) is 0 Å². The van der Waals surface area contributed by atoms with Crippen LogP contribution >= 0.6 is 12.2 Å². The summed E-state index contributed by atoms with van der Waals surface area (Å²) in [7, 11) is 0. The summed E-state index contributed by atoms with van der Waals surface area (Å²) in [6, 6.07) is 12.5. The Labute approximate surface area is 177 Å². The zero-order chi connectivity index (χ0) is 20.4. The van der Waals surface area contributed by atoms with Crippen molar-refractivity contribution in [3.8, 4) is 0 Å². The van der Waals surface area contributed by atoms with Crippen molar-refractivity contribution in [1.29, 1.82) is 0 Å². The molecule has 1 fully saturated rings. The Hall–Kier alpha value is -2.60. The molecule has 3 aromatic heterocycles. The average Bonchev–Trinajstić information content (AvgIpc) is 3.42. The molecular weight excluding hydrogens is 380 g/mol. The molecule has 0 aliphatic carbocycles. The molecule has 3 aromatic rings. The van der Waals surface area contributed by atoms with Gasteiger partial charge in [0.05, 0.1) is 30.6 Å². The fourth-order valence-electron chi connectivity index (χ4n) is 4.24. The number of nitrogens with zero attached hydrogens (tertiary/aromatic N) is 3. The molecule has 0 aromatic carbocycles. The molecule has 0 unspecified atom stereocenters. The van der Waals surface area contributed by atoms with Crippen LogP contribution in [0.3, 0.4) is 0 Å². The van der Waals surface area contributed by atoms with E-state index in [1.165, 1.54) is 17.0 Å². The van der Waals surface area contributed by atoms with Crippen molar-refractivity contribution in [3.63, 3.8) is 0 Å². The molecule has 4 rings (SSSR count). The molecule has 1 saturated heterocycles. The SMILES string of the molecule is CCCCN1C(=S)N[C@H](c2ccccn2)[C@H]1c1cc(C)n(Cc2ccco2)c1C. The molecule has 0 saturated carbocycles. The van der Waals surface area contributed by atoms with Gasteiger partial charge in [0.25, 0.3) is 0 Å². The van der Waals surface area contributed by atoms with Crippen LogP contribution in [0.5, 0.6) is 0 Å². The van der Waals surface area contributed by atoms with E-state index in [9.17, 15) is 0 Å². The van der Waals surface area contributed by atoms with Crippen LogP contribution in [0.15, 0.2) is 53.3 Å². The smallest absolute Gasteiger partial charge is 0.170 e. The molecular formula is C23H28N4OS. The largest absolute Gasteiger partial charge is 0.467 e. The summed E-state index contributed by atoms with van der Waals surface area (Å²) in [4.78, 5) is 6.98. The topological polar surface area (TPSA) is 46.2 Å². The number of unbranched alkanes of at least 4 members (excludes halogenated alkanes) is 1. The summed E-state index contributed by atoms with van der Waals surface area (Å²) in [6.45, 7) is 8.25. The third kappa shape index (κ3) is 3.81. The van der Waals surface area contributed by atoms with Gasteiger partial charge in [-0.05, 0) is 68.4 Å². The minimum absolute atomic E-state index is 0.0399. The van der Waals surface area contributed by atoms with E-state index >= 15 is 0 Å². The quantitative estimate of drug-likeness (QED) is 0.563. The molecule has 152 valence electrons. The molecule has 5 nitrogen and oxygen atoms in total. The van der Waals surface area contributed by atoms with E-state index in [0.717, 1.165) is 42.5 Å². The van der Waals surface area contributed by atoms with Crippen LogP contribution in [0.25, 0.3) is 0 Å². The van der Waals surface area contributed by atoms with E-state index in [4.69, 9.17) is 16.6 Å². The highest BCUT2D eigenvalue weighted by molar-refractivity contribution is 7.80. The molecule has 1 N–H and O–H groups in total. The molecule has 1 aliphatic rings. The number of aryl methyl sites for hydroxylation is 1. The second-order valence-electron chi connectivity index (χ2n) is 7.67. The lowest BCUT2D eigenvalue weighted by Crippen LogP contribution is -2.30. The van der Waals surface area contributed by atoms with Gasteiger partial charge in [-0.3, -0.25) is 4.98 Å². The van der Waals surface area contributed by atoms with E-state index in [1.54, 1.807) is 6.26 Å². The predicted octanol–water partition coefficient (Wildman–Crippen LogP) is 4.91. The van der Waals surface area contributed by atoms with Crippen LogP contribution in [-0.2, 0) is 6.54 Å². The number of furan rings is 1. The van der Waals surface area contributed by atoms with E-state index in [0.29, 0.717) is 0 Å². The fourth-order valence-corrected chi connectivity index (χ4v) is 4.57. The lowest BCUT2D eigenvalue weighted by atomic mass is 9.96. The number of pyridine rings is 1. The summed E-state index contributed by atoms with van der Waals surface area (Å²) in [6.07, 6.45) is 5.83. The van der Waals surface area contributed by atoms with Crippen LogP contribution in [0.1, 0.15) is 60.3 Å². The molecule has 1 aliphatic heterocycles. The Kier molecular flexibility index (Phi) is 5.72. The van der Waals surface area contributed by atoms with E-state index in [2.05, 4.69) is 52.7 Å². The second-order valence-corrected chi connectivity index (χ2v) is 8.05. The number of hydrogen-bond donors (Lipinski definition) is 1. The Morgan fingerprint density at radius 3 is 2.76 bits per heavy atom. The molecule has 0 bridgehead atoms. The number of hydrogen-bond acceptors (Lipinski definition) is 3. The van der Waals surface area contributed by atoms with Crippen molar-refractivity contribution in [2.24, 2.45) is 0 Å². The Morgan fingerprint density at radius 1 is 1.21 bits per heavy atom. The maximum absolute atomic E-state index is 5.75. The Balaban J connectivity index is 1.74. The maximum Gasteiger partial charge on any atom is 0.170 e. The van der Waals surface area contributed by atoms with Crippen molar-refractivity contribution >= 4 is 17.3 Å². The van der Waals surface area contributed by atoms with Crippen LogP contribution in [0, 0.1) is 13.8 Å². The summed E-state index contributed by atoms with van der Waals surface area (Å²) >= 11 is 5.75.